The lowest BCUT2D eigenvalue weighted by atomic mass is 10.1. The quantitative estimate of drug-likeness (QED) is 0.589. The second kappa shape index (κ2) is 3.76. The number of aromatic nitrogens is 3. The molecule has 5 heteroatoms. The zero-order chi connectivity index (χ0) is 12.5. The molecular weight excluding hydrogens is 226 g/mol. The molecule has 3 aromatic heterocycles. The summed E-state index contributed by atoms with van der Waals surface area (Å²) in [6.07, 6.45) is 3.03. The van der Waals surface area contributed by atoms with Gasteiger partial charge in [-0.25, -0.2) is 4.98 Å². The smallest absolute Gasteiger partial charge is 0.110 e. The van der Waals surface area contributed by atoms with Crippen LogP contribution in [-0.2, 0) is 0 Å². The Hall–Kier alpha value is -3.05. The molecule has 0 N–H and O–H groups in total. The van der Waals surface area contributed by atoms with E-state index < -0.39 is 0 Å². The minimum atomic E-state index is 0.354. The molecule has 0 atom stereocenters. The predicted octanol–water partition coefficient (Wildman–Crippen LogP) is 1.92. The fraction of sp³-hybridized carbons (Fsp3) is 0. The van der Waals surface area contributed by atoms with Gasteiger partial charge in [0.2, 0.25) is 0 Å². The van der Waals surface area contributed by atoms with Crippen molar-refractivity contribution in [2.75, 3.05) is 0 Å². The first-order valence-corrected chi connectivity index (χ1v) is 5.19. The number of hydrogen-bond acceptors (Lipinski definition) is 5. The van der Waals surface area contributed by atoms with Crippen LogP contribution in [0.1, 0.15) is 11.1 Å². The van der Waals surface area contributed by atoms with Gasteiger partial charge in [-0.2, -0.15) is 10.5 Å². The number of pyridine rings is 1. The molecule has 0 spiro atoms. The molecule has 0 amide bonds. The summed E-state index contributed by atoms with van der Waals surface area (Å²) in [5.41, 5.74) is 2.68. The van der Waals surface area contributed by atoms with E-state index in [1.165, 1.54) is 6.20 Å². The summed E-state index contributed by atoms with van der Waals surface area (Å²) in [4.78, 5) is 12.6. The molecule has 3 aromatic rings. The SMILES string of the molecule is N#Cc1cnc2c(C#N)c3nccccc3nc12. The molecule has 0 aliphatic rings. The van der Waals surface area contributed by atoms with Gasteiger partial charge >= 0.3 is 0 Å². The average molecular weight is 231 g/mol. The highest BCUT2D eigenvalue weighted by Gasteiger charge is 2.14. The van der Waals surface area contributed by atoms with Crippen LogP contribution in [0.2, 0.25) is 0 Å². The maximum atomic E-state index is 9.26. The van der Waals surface area contributed by atoms with Crippen molar-refractivity contribution in [1.29, 1.82) is 10.5 Å². The molecule has 0 aliphatic heterocycles. The van der Waals surface area contributed by atoms with E-state index in [1.807, 2.05) is 6.07 Å². The Kier molecular flexibility index (Phi) is 2.11. The van der Waals surface area contributed by atoms with Crippen LogP contribution in [0.15, 0.2) is 30.6 Å². The molecule has 0 unspecified atom stereocenters. The minimum Gasteiger partial charge on any atom is -0.253 e. The molecular formula is C13H5N5. The summed E-state index contributed by atoms with van der Waals surface area (Å²) < 4.78 is 0. The van der Waals surface area contributed by atoms with Gasteiger partial charge in [0.1, 0.15) is 34.3 Å². The van der Waals surface area contributed by atoms with Crippen molar-refractivity contribution < 1.29 is 0 Å². The van der Waals surface area contributed by atoms with Gasteiger partial charge in [-0.3, -0.25) is 9.97 Å². The van der Waals surface area contributed by atoms with Gasteiger partial charge < -0.3 is 0 Å². The molecule has 82 valence electrons. The van der Waals surface area contributed by atoms with Crippen molar-refractivity contribution >= 4 is 22.1 Å². The van der Waals surface area contributed by atoms with E-state index in [0.29, 0.717) is 33.2 Å². The summed E-state index contributed by atoms with van der Waals surface area (Å²) in [6.45, 7) is 0. The molecule has 3 heterocycles. The van der Waals surface area contributed by atoms with E-state index in [-0.39, 0.29) is 0 Å². The summed E-state index contributed by atoms with van der Waals surface area (Å²) in [5, 5.41) is 18.2. The molecule has 0 bridgehead atoms. The topological polar surface area (TPSA) is 86.2 Å². The first-order valence-electron chi connectivity index (χ1n) is 5.19. The standard InChI is InChI=1S/C13H5N5/c14-5-8-7-17-13-9(6-15)12-10(18-11(8)13)3-1-2-4-16-12/h1-4,7H. The van der Waals surface area contributed by atoms with Crippen molar-refractivity contribution in [2.24, 2.45) is 0 Å². The summed E-state index contributed by atoms with van der Waals surface area (Å²) in [5.74, 6) is 0. The summed E-state index contributed by atoms with van der Waals surface area (Å²) >= 11 is 0. The molecule has 0 aromatic carbocycles. The van der Waals surface area contributed by atoms with Crippen LogP contribution in [0.25, 0.3) is 22.1 Å². The van der Waals surface area contributed by atoms with Crippen LogP contribution < -0.4 is 0 Å². The average Bonchev–Trinajstić information content (AvgIpc) is 2.65. The Balaban J connectivity index is 2.63. The van der Waals surface area contributed by atoms with Crippen LogP contribution in [0, 0.1) is 22.7 Å². The van der Waals surface area contributed by atoms with Crippen LogP contribution in [0.5, 0.6) is 0 Å². The highest BCUT2D eigenvalue weighted by atomic mass is 14.8. The van der Waals surface area contributed by atoms with Crippen LogP contribution in [0.4, 0.5) is 0 Å². The molecule has 0 saturated heterocycles. The maximum absolute atomic E-state index is 9.26. The zero-order valence-electron chi connectivity index (χ0n) is 9.12. The van der Waals surface area contributed by atoms with Gasteiger partial charge in [0, 0.05) is 12.4 Å². The molecule has 18 heavy (non-hydrogen) atoms. The van der Waals surface area contributed by atoms with E-state index in [1.54, 1.807) is 24.4 Å². The molecule has 0 saturated carbocycles. The normalized spacial score (nSPS) is 10.1. The van der Waals surface area contributed by atoms with E-state index >= 15 is 0 Å². The first kappa shape index (κ1) is 10.1. The number of hydrogen-bond donors (Lipinski definition) is 0. The molecule has 0 aliphatic carbocycles. The van der Waals surface area contributed by atoms with E-state index in [9.17, 15) is 5.26 Å². The second-order valence-electron chi connectivity index (χ2n) is 3.64. The van der Waals surface area contributed by atoms with Crippen molar-refractivity contribution in [3.05, 3.63) is 41.7 Å². The number of nitrogens with zero attached hydrogens (tertiary/aromatic N) is 5. The molecule has 0 fully saturated rings. The fourth-order valence-electron chi connectivity index (χ4n) is 1.84. The lowest BCUT2D eigenvalue weighted by molar-refractivity contribution is 1.38. The van der Waals surface area contributed by atoms with Crippen LogP contribution in [0.3, 0.4) is 0 Å². The number of nitriles is 2. The minimum absolute atomic E-state index is 0.354. The summed E-state index contributed by atoms with van der Waals surface area (Å²) in [7, 11) is 0. The molecule has 0 radical (unpaired) electrons. The van der Waals surface area contributed by atoms with Gasteiger partial charge in [0.25, 0.3) is 0 Å². The monoisotopic (exact) mass is 231 g/mol. The Morgan fingerprint density at radius 1 is 0.944 bits per heavy atom. The molecule has 5 nitrogen and oxygen atoms in total. The Bertz CT molecular complexity index is 855. The van der Waals surface area contributed by atoms with Crippen molar-refractivity contribution in [1.82, 2.24) is 15.0 Å². The third kappa shape index (κ3) is 1.28. The predicted molar refractivity (Wildman–Crippen MR) is 64.3 cm³/mol. The highest BCUT2D eigenvalue weighted by molar-refractivity contribution is 5.98. The lowest BCUT2D eigenvalue weighted by Gasteiger charge is -1.96. The Labute approximate surface area is 102 Å². The van der Waals surface area contributed by atoms with E-state index in [2.05, 4.69) is 21.0 Å². The van der Waals surface area contributed by atoms with Crippen molar-refractivity contribution in [3.8, 4) is 12.1 Å². The van der Waals surface area contributed by atoms with E-state index in [4.69, 9.17) is 5.26 Å². The number of fused-ring (bicyclic) bond motifs is 2. The largest absolute Gasteiger partial charge is 0.253 e. The fourth-order valence-corrected chi connectivity index (χ4v) is 1.84. The van der Waals surface area contributed by atoms with Crippen LogP contribution in [-0.4, -0.2) is 15.0 Å². The van der Waals surface area contributed by atoms with E-state index in [0.717, 1.165) is 0 Å². The Morgan fingerprint density at radius 3 is 2.61 bits per heavy atom. The van der Waals surface area contributed by atoms with Crippen molar-refractivity contribution in [3.63, 3.8) is 0 Å². The third-order valence-electron chi connectivity index (χ3n) is 2.64. The first-order chi connectivity index (χ1) is 8.85. The van der Waals surface area contributed by atoms with Gasteiger partial charge in [0.15, 0.2) is 0 Å². The van der Waals surface area contributed by atoms with Crippen LogP contribution >= 0.6 is 0 Å². The Morgan fingerprint density at radius 2 is 1.83 bits per heavy atom. The summed E-state index contributed by atoms with van der Waals surface area (Å²) in [6, 6.07) is 9.42. The maximum Gasteiger partial charge on any atom is 0.110 e. The van der Waals surface area contributed by atoms with Gasteiger partial charge in [-0.15, -0.1) is 0 Å². The molecule has 3 rings (SSSR count). The zero-order valence-corrected chi connectivity index (χ0v) is 9.12. The highest BCUT2D eigenvalue weighted by Crippen LogP contribution is 2.24. The second-order valence-corrected chi connectivity index (χ2v) is 3.64. The van der Waals surface area contributed by atoms with Gasteiger partial charge in [0.05, 0.1) is 11.1 Å². The van der Waals surface area contributed by atoms with Crippen molar-refractivity contribution in [2.45, 2.75) is 0 Å². The number of rotatable bonds is 0. The lowest BCUT2D eigenvalue weighted by Crippen LogP contribution is -1.88. The van der Waals surface area contributed by atoms with Gasteiger partial charge in [-0.1, -0.05) is 6.07 Å². The third-order valence-corrected chi connectivity index (χ3v) is 2.64. The van der Waals surface area contributed by atoms with Gasteiger partial charge in [-0.05, 0) is 12.1 Å².